The number of carbonyl (C=O) groups is 1. The van der Waals surface area contributed by atoms with Gasteiger partial charge in [-0.3, -0.25) is 10.1 Å². The Morgan fingerprint density at radius 3 is 2.82 bits per heavy atom. The predicted octanol–water partition coefficient (Wildman–Crippen LogP) is 5.26. The zero-order valence-corrected chi connectivity index (χ0v) is 13.5. The molecular formula is C16H10Cl2N2OS. The molecule has 3 rings (SSSR count). The molecule has 0 fully saturated rings. The molecule has 3 nitrogen and oxygen atoms in total. The Labute approximate surface area is 141 Å². The first-order chi connectivity index (χ1) is 10.6. The van der Waals surface area contributed by atoms with Gasteiger partial charge in [0.05, 0.1) is 10.2 Å². The molecule has 0 unspecified atom stereocenters. The van der Waals surface area contributed by atoms with Crippen molar-refractivity contribution in [3.63, 3.8) is 0 Å². The van der Waals surface area contributed by atoms with Crippen LogP contribution < -0.4 is 5.32 Å². The molecule has 0 saturated carbocycles. The average molecular weight is 349 g/mol. The van der Waals surface area contributed by atoms with Gasteiger partial charge in [-0.2, -0.15) is 0 Å². The normalized spacial score (nSPS) is 11.2. The average Bonchev–Trinajstić information content (AvgIpc) is 2.87. The first kappa shape index (κ1) is 15.0. The fraction of sp³-hybridized carbons (Fsp3) is 0. The largest absolute Gasteiger partial charge is 0.298 e. The van der Waals surface area contributed by atoms with Crippen LogP contribution in [0.25, 0.3) is 16.3 Å². The number of nitrogens with zero attached hydrogens (tertiary/aromatic N) is 1. The molecule has 1 amide bonds. The van der Waals surface area contributed by atoms with Crippen LogP contribution in [-0.2, 0) is 4.79 Å². The summed E-state index contributed by atoms with van der Waals surface area (Å²) in [7, 11) is 0. The highest BCUT2D eigenvalue weighted by Gasteiger charge is 2.06. The van der Waals surface area contributed by atoms with Gasteiger partial charge in [-0.25, -0.2) is 4.98 Å². The number of thiazole rings is 1. The molecule has 6 heteroatoms. The van der Waals surface area contributed by atoms with E-state index in [0.29, 0.717) is 15.2 Å². The molecule has 110 valence electrons. The van der Waals surface area contributed by atoms with Gasteiger partial charge in [-0.1, -0.05) is 52.7 Å². The molecule has 0 bridgehead atoms. The maximum atomic E-state index is 11.9. The fourth-order valence-electron chi connectivity index (χ4n) is 1.87. The van der Waals surface area contributed by atoms with Gasteiger partial charge in [0, 0.05) is 16.1 Å². The Bertz CT molecular complexity index is 873. The van der Waals surface area contributed by atoms with Crippen molar-refractivity contribution in [2.24, 2.45) is 0 Å². The number of hydrogen-bond acceptors (Lipinski definition) is 3. The molecule has 3 aromatic rings. The van der Waals surface area contributed by atoms with Crippen molar-refractivity contribution in [2.45, 2.75) is 0 Å². The van der Waals surface area contributed by atoms with Crippen molar-refractivity contribution >= 4 is 61.9 Å². The minimum Gasteiger partial charge on any atom is -0.298 e. The number of aromatic nitrogens is 1. The molecule has 0 radical (unpaired) electrons. The van der Waals surface area contributed by atoms with E-state index in [1.165, 1.54) is 17.4 Å². The van der Waals surface area contributed by atoms with E-state index < -0.39 is 0 Å². The highest BCUT2D eigenvalue weighted by molar-refractivity contribution is 7.22. The fourth-order valence-corrected chi connectivity index (χ4v) is 3.22. The van der Waals surface area contributed by atoms with Crippen LogP contribution in [0, 0.1) is 0 Å². The molecule has 0 spiro atoms. The van der Waals surface area contributed by atoms with Gasteiger partial charge >= 0.3 is 0 Å². The first-order valence-corrected chi connectivity index (χ1v) is 7.99. The smallest absolute Gasteiger partial charge is 0.250 e. The number of rotatable bonds is 3. The van der Waals surface area contributed by atoms with E-state index in [-0.39, 0.29) is 5.91 Å². The van der Waals surface area contributed by atoms with Crippen LogP contribution in [0.4, 0.5) is 5.13 Å². The third-order valence-electron chi connectivity index (χ3n) is 2.90. The van der Waals surface area contributed by atoms with E-state index in [1.807, 2.05) is 30.3 Å². The topological polar surface area (TPSA) is 42.0 Å². The van der Waals surface area contributed by atoms with Gasteiger partial charge in [0.25, 0.3) is 0 Å². The van der Waals surface area contributed by atoms with Crippen LogP contribution in [0.3, 0.4) is 0 Å². The number of amides is 1. The molecule has 0 aliphatic rings. The lowest BCUT2D eigenvalue weighted by atomic mass is 10.2. The van der Waals surface area contributed by atoms with Gasteiger partial charge in [0.1, 0.15) is 0 Å². The summed E-state index contributed by atoms with van der Waals surface area (Å²) in [5, 5.41) is 4.51. The molecule has 2 aromatic carbocycles. The third-order valence-corrected chi connectivity index (χ3v) is 4.41. The predicted molar refractivity (Wildman–Crippen MR) is 93.7 cm³/mol. The summed E-state index contributed by atoms with van der Waals surface area (Å²) in [6.07, 6.45) is 3.10. The Balaban J connectivity index is 1.74. The van der Waals surface area contributed by atoms with Crippen LogP contribution >= 0.6 is 34.5 Å². The second-order valence-electron chi connectivity index (χ2n) is 4.48. The number of anilines is 1. The van der Waals surface area contributed by atoms with Crippen molar-refractivity contribution < 1.29 is 4.79 Å². The van der Waals surface area contributed by atoms with E-state index in [2.05, 4.69) is 10.3 Å². The third kappa shape index (κ3) is 3.47. The molecule has 0 atom stereocenters. The number of halogens is 2. The molecular weight excluding hydrogens is 339 g/mol. The minimum atomic E-state index is -0.259. The monoisotopic (exact) mass is 348 g/mol. The van der Waals surface area contributed by atoms with Crippen LogP contribution in [0.2, 0.25) is 10.0 Å². The number of nitrogens with one attached hydrogen (secondary N) is 1. The van der Waals surface area contributed by atoms with Crippen molar-refractivity contribution in [2.75, 3.05) is 5.32 Å². The Hall–Kier alpha value is -1.88. The van der Waals surface area contributed by atoms with Gasteiger partial charge in [0.2, 0.25) is 5.91 Å². The summed E-state index contributed by atoms with van der Waals surface area (Å²) in [6.45, 7) is 0. The number of carbonyl (C=O) groups excluding carboxylic acids is 1. The zero-order valence-electron chi connectivity index (χ0n) is 11.2. The van der Waals surface area contributed by atoms with E-state index in [0.717, 1.165) is 15.8 Å². The minimum absolute atomic E-state index is 0.259. The van der Waals surface area contributed by atoms with Crippen molar-refractivity contribution in [3.8, 4) is 0 Å². The molecule has 0 saturated heterocycles. The maximum Gasteiger partial charge on any atom is 0.250 e. The lowest BCUT2D eigenvalue weighted by molar-refractivity contribution is -0.111. The quantitative estimate of drug-likeness (QED) is 0.656. The van der Waals surface area contributed by atoms with Gasteiger partial charge in [-0.15, -0.1) is 0 Å². The van der Waals surface area contributed by atoms with E-state index in [4.69, 9.17) is 23.2 Å². The summed E-state index contributed by atoms with van der Waals surface area (Å²) in [4.78, 5) is 16.3. The van der Waals surface area contributed by atoms with Crippen LogP contribution in [-0.4, -0.2) is 10.9 Å². The summed E-state index contributed by atoms with van der Waals surface area (Å²) in [5.41, 5.74) is 1.59. The van der Waals surface area contributed by atoms with Crippen LogP contribution in [0.5, 0.6) is 0 Å². The second kappa shape index (κ2) is 6.48. The SMILES string of the molecule is O=C(/C=C/c1ccccc1Cl)Nc1nc2ccc(Cl)cc2s1. The molecule has 22 heavy (non-hydrogen) atoms. The Morgan fingerprint density at radius 1 is 1.18 bits per heavy atom. The highest BCUT2D eigenvalue weighted by atomic mass is 35.5. The van der Waals surface area contributed by atoms with Crippen LogP contribution in [0.1, 0.15) is 5.56 Å². The van der Waals surface area contributed by atoms with Crippen LogP contribution in [0.15, 0.2) is 48.5 Å². The van der Waals surface area contributed by atoms with E-state index in [9.17, 15) is 4.79 Å². The summed E-state index contributed by atoms with van der Waals surface area (Å²) >= 11 is 13.3. The summed E-state index contributed by atoms with van der Waals surface area (Å²) in [6, 6.07) is 12.7. The van der Waals surface area contributed by atoms with Crippen molar-refractivity contribution in [1.82, 2.24) is 4.98 Å². The number of benzene rings is 2. The zero-order chi connectivity index (χ0) is 15.5. The first-order valence-electron chi connectivity index (χ1n) is 6.41. The number of hydrogen-bond donors (Lipinski definition) is 1. The van der Waals surface area contributed by atoms with E-state index >= 15 is 0 Å². The molecule has 0 aliphatic heterocycles. The number of fused-ring (bicyclic) bond motifs is 1. The standard InChI is InChI=1S/C16H10Cl2N2OS/c17-11-6-7-13-14(9-11)22-16(19-13)20-15(21)8-5-10-3-1-2-4-12(10)18/h1-9H,(H,19,20,21)/b8-5+. The Morgan fingerprint density at radius 2 is 2.00 bits per heavy atom. The summed E-state index contributed by atoms with van der Waals surface area (Å²) in [5.74, 6) is -0.259. The lowest BCUT2D eigenvalue weighted by Crippen LogP contribution is -2.07. The highest BCUT2D eigenvalue weighted by Crippen LogP contribution is 2.28. The molecule has 1 heterocycles. The molecule has 1 N–H and O–H groups in total. The van der Waals surface area contributed by atoms with Gasteiger partial charge in [0.15, 0.2) is 5.13 Å². The van der Waals surface area contributed by atoms with Crippen molar-refractivity contribution in [3.05, 3.63) is 64.1 Å². The Kier molecular flexibility index (Phi) is 4.43. The van der Waals surface area contributed by atoms with Crippen molar-refractivity contribution in [1.29, 1.82) is 0 Å². The molecule has 0 aliphatic carbocycles. The van der Waals surface area contributed by atoms with Gasteiger partial charge in [-0.05, 0) is 35.9 Å². The second-order valence-corrected chi connectivity index (χ2v) is 6.35. The molecule has 1 aromatic heterocycles. The maximum absolute atomic E-state index is 11.9. The van der Waals surface area contributed by atoms with E-state index in [1.54, 1.807) is 18.2 Å². The van der Waals surface area contributed by atoms with Gasteiger partial charge < -0.3 is 0 Å². The summed E-state index contributed by atoms with van der Waals surface area (Å²) < 4.78 is 0.929. The lowest BCUT2D eigenvalue weighted by Gasteiger charge is -1.97.